The van der Waals surface area contributed by atoms with E-state index < -0.39 is 181 Å². The number of aromatic amines is 1. The van der Waals surface area contributed by atoms with Crippen LogP contribution in [-0.4, -0.2) is 358 Å². The van der Waals surface area contributed by atoms with Gasteiger partial charge in [0.1, 0.15) is 98.5 Å². The molecule has 49 heteroatoms. The van der Waals surface area contributed by atoms with Crippen molar-refractivity contribution in [2.45, 2.75) is 199 Å². The van der Waals surface area contributed by atoms with E-state index in [-0.39, 0.29) is 87.5 Å². The highest BCUT2D eigenvalue weighted by Crippen LogP contribution is 2.45. The summed E-state index contributed by atoms with van der Waals surface area (Å²) in [5, 5.41) is 2.77. The molecule has 0 aromatic carbocycles. The second-order valence-corrected chi connectivity index (χ2v) is 30.2. The first-order valence-corrected chi connectivity index (χ1v) is 39.7. The Morgan fingerprint density at radius 1 is 0.512 bits per heavy atom. The lowest BCUT2D eigenvalue weighted by Gasteiger charge is -2.26. The van der Waals surface area contributed by atoms with Crippen LogP contribution < -0.4 is 45.1 Å². The van der Waals surface area contributed by atoms with Crippen molar-refractivity contribution in [3.63, 3.8) is 0 Å². The van der Waals surface area contributed by atoms with Crippen molar-refractivity contribution < 1.29 is 135 Å². The van der Waals surface area contributed by atoms with Gasteiger partial charge in [-0.25, -0.2) is 50.7 Å². The van der Waals surface area contributed by atoms with E-state index in [9.17, 15) is 55.1 Å². The van der Waals surface area contributed by atoms with Gasteiger partial charge in [-0.05, 0) is 39.0 Å². The van der Waals surface area contributed by atoms with E-state index in [0.29, 0.717) is 34.7 Å². The summed E-state index contributed by atoms with van der Waals surface area (Å²) >= 11 is 0. The number of nitrogens with zero attached hydrogens (tertiary/aromatic N) is 10. The van der Waals surface area contributed by atoms with Crippen LogP contribution in [0, 0.1) is 5.92 Å². The van der Waals surface area contributed by atoms with Crippen molar-refractivity contribution in [2.75, 3.05) is 163 Å². The number of aromatic nitrogens is 11. The number of rotatable bonds is 26. The number of hydrogen-bond acceptors (Lipinski definition) is 36. The number of nitrogens with one attached hydrogen (secondary N) is 2. The summed E-state index contributed by atoms with van der Waals surface area (Å²) in [6.45, 7) is 8.50. The van der Waals surface area contributed by atoms with Gasteiger partial charge in [0.2, 0.25) is 11.9 Å². The fourth-order valence-electron chi connectivity index (χ4n) is 15.8. The van der Waals surface area contributed by atoms with Gasteiger partial charge in [0.05, 0.1) is 70.9 Å². The Kier molecular flexibility index (Phi) is 39.1. The quantitative estimate of drug-likeness (QED) is 0.0289. The highest BCUT2D eigenvalue weighted by Gasteiger charge is 2.59. The van der Waals surface area contributed by atoms with Crippen LogP contribution in [0.5, 0.6) is 0 Å². The largest absolute Gasteiger partial charge is 0.383 e. The minimum absolute atomic E-state index is 0.0168. The van der Waals surface area contributed by atoms with Crippen LogP contribution in [0.4, 0.5) is 43.9 Å². The molecule has 14 heterocycles. The molecule has 7 fully saturated rings. The Bertz CT molecular complexity index is 4730. The molecule has 127 heavy (non-hydrogen) atoms. The molecule has 28 atom stereocenters. The van der Waals surface area contributed by atoms with Gasteiger partial charge in [0, 0.05) is 160 Å². The molecule has 708 valence electrons. The Hall–Kier alpha value is -8.52. The molecule has 8 aliphatic heterocycles. The number of imide groups is 1. The van der Waals surface area contributed by atoms with E-state index in [1.165, 1.54) is 141 Å². The number of fused-ring (bicyclic) bond motifs is 2. The number of anilines is 3. The fourth-order valence-corrected chi connectivity index (χ4v) is 15.8. The zero-order valence-electron chi connectivity index (χ0n) is 73.5. The number of methoxy groups -OCH3 is 14. The van der Waals surface area contributed by atoms with Gasteiger partial charge < -0.3 is 117 Å². The SMILES string of the molecule is COC[C@H]1O[C@@H](C)[C@@H](OC)C1C.COC[C@H]1O[C@@H](C2=CCC(=O)NC2=O)[C@@H](F)C1OC.COC[C@H]1O[C@@H](n2cc3cccnc3nc2=O)[C@@H](F)C1OC.COC[C@H]1O[C@@H](n2ccc(=O)[nH]c2=O)[C@](C)(F)C1OC.COC[C@H]1O[C@@H](n2ccc(N)nc2=O)[C@](C)(F)C1OC.COC[C@H]1O[C@@H](n2cnc3c(N)nc(N)nc32)[C@@H](F)C1OC.[B][C@@H]1O[C@H](COC)C(F)[C@@H]1OC. The number of nitrogens with two attached hydrogens (primary N) is 3. The third-order valence-electron chi connectivity index (χ3n) is 21.7. The van der Waals surface area contributed by atoms with Crippen molar-refractivity contribution in [3.8, 4) is 0 Å². The molecule has 0 saturated carbocycles. The first-order chi connectivity index (χ1) is 60.5. The first-order valence-electron chi connectivity index (χ1n) is 39.7. The Labute approximate surface area is 727 Å². The summed E-state index contributed by atoms with van der Waals surface area (Å²) in [7, 11) is 26.2. The normalized spacial score (nSPS) is 33.6. The topological polar surface area (TPSA) is 499 Å². The zero-order valence-corrected chi connectivity index (χ0v) is 73.5. The molecule has 6 aromatic heterocycles. The van der Waals surface area contributed by atoms with Crippen LogP contribution in [0.3, 0.4) is 0 Å². The molecule has 14 rings (SSSR count). The summed E-state index contributed by atoms with van der Waals surface area (Å²) in [4.78, 5) is 95.0. The van der Waals surface area contributed by atoms with Gasteiger partial charge in [0.25, 0.3) is 11.5 Å². The lowest BCUT2D eigenvalue weighted by atomic mass is 9.93. The van der Waals surface area contributed by atoms with Crippen LogP contribution in [0.15, 0.2) is 86.2 Å². The lowest BCUT2D eigenvalue weighted by molar-refractivity contribution is -0.129. The number of imidazole rings is 1. The summed E-state index contributed by atoms with van der Waals surface area (Å²) < 4.78 is 201. The summed E-state index contributed by atoms with van der Waals surface area (Å²) in [6.07, 6.45) is -10.3. The van der Waals surface area contributed by atoms with Crippen molar-refractivity contribution >= 4 is 59.4 Å². The van der Waals surface area contributed by atoms with E-state index in [1.807, 2.05) is 6.92 Å². The van der Waals surface area contributed by atoms with Crippen molar-refractivity contribution in [2.24, 2.45) is 5.92 Å². The summed E-state index contributed by atoms with van der Waals surface area (Å²) in [5.74, 6) is -0.412. The van der Waals surface area contributed by atoms with E-state index in [2.05, 4.69) is 47.1 Å². The minimum atomic E-state index is -1.94. The smallest absolute Gasteiger partial charge is 0.351 e. The third kappa shape index (κ3) is 24.4. The first kappa shape index (κ1) is 104. The van der Waals surface area contributed by atoms with Gasteiger partial charge in [-0.15, -0.1) is 0 Å². The molecule has 8 N–H and O–H groups in total. The van der Waals surface area contributed by atoms with Crippen LogP contribution >= 0.6 is 0 Å². The molecular weight excluding hydrogens is 1700 g/mol. The van der Waals surface area contributed by atoms with Crippen molar-refractivity contribution in [1.82, 2.24) is 58.5 Å². The van der Waals surface area contributed by atoms with Gasteiger partial charge in [-0.1, -0.05) is 13.0 Å². The van der Waals surface area contributed by atoms with Crippen LogP contribution in [0.2, 0.25) is 0 Å². The Balaban J connectivity index is 0.000000185. The molecular formula is C78H114BF6N15O27. The molecule has 2 amide bonds. The average Bonchev–Trinajstić information content (AvgIpc) is 1.61. The van der Waals surface area contributed by atoms with Crippen molar-refractivity contribution in [3.05, 3.63) is 109 Å². The maximum Gasteiger partial charge on any atom is 0.351 e. The summed E-state index contributed by atoms with van der Waals surface area (Å²) in [5.41, 5.74) is 11.4. The van der Waals surface area contributed by atoms with E-state index >= 15 is 0 Å². The van der Waals surface area contributed by atoms with Gasteiger partial charge >= 0.3 is 17.1 Å². The van der Waals surface area contributed by atoms with Gasteiger partial charge in [-0.3, -0.25) is 43.0 Å². The summed E-state index contributed by atoms with van der Waals surface area (Å²) in [6, 6.07) is 5.31. The number of alkyl halides is 6. The van der Waals surface area contributed by atoms with E-state index in [1.54, 1.807) is 32.5 Å². The molecule has 8 aliphatic rings. The Morgan fingerprint density at radius 3 is 1.50 bits per heavy atom. The second-order valence-electron chi connectivity index (χ2n) is 30.2. The average molecular weight is 1820 g/mol. The van der Waals surface area contributed by atoms with Gasteiger partial charge in [-0.2, -0.15) is 19.9 Å². The van der Waals surface area contributed by atoms with E-state index in [4.69, 9.17) is 125 Å². The highest BCUT2D eigenvalue weighted by atomic mass is 19.2. The molecule has 0 spiro atoms. The monoisotopic (exact) mass is 1820 g/mol. The number of carbonyl (C=O) groups is 2. The zero-order chi connectivity index (χ0) is 93.6. The molecule has 7 unspecified atom stereocenters. The molecule has 2 radical (unpaired) electrons. The third-order valence-corrected chi connectivity index (χ3v) is 21.7. The van der Waals surface area contributed by atoms with Crippen molar-refractivity contribution in [1.29, 1.82) is 0 Å². The number of hydrogen-bond donors (Lipinski definition) is 5. The number of H-pyrrole nitrogens is 1. The second kappa shape index (κ2) is 47.9. The molecule has 42 nitrogen and oxygen atoms in total. The number of nitrogen functional groups attached to an aromatic ring is 3. The lowest BCUT2D eigenvalue weighted by Crippen LogP contribution is -2.44. The number of carbonyl (C=O) groups excluding carboxylic acids is 2. The maximum atomic E-state index is 15.0. The fraction of sp³-hybridized carbons (Fsp3) is 0.692. The highest BCUT2D eigenvalue weighted by molar-refractivity contribution is 6.11. The molecule has 0 bridgehead atoms. The van der Waals surface area contributed by atoms with Crippen LogP contribution in [0.25, 0.3) is 22.2 Å². The van der Waals surface area contributed by atoms with Crippen LogP contribution in [0.1, 0.15) is 59.0 Å². The molecule has 0 aliphatic carbocycles. The number of amides is 2. The molecule has 6 aromatic rings. The number of ether oxygens (including phenoxy) is 21. The van der Waals surface area contributed by atoms with Gasteiger partial charge in [0.15, 0.2) is 78.0 Å². The number of pyridine rings is 1. The molecule has 7 saturated heterocycles. The predicted molar refractivity (Wildman–Crippen MR) is 438 cm³/mol. The maximum absolute atomic E-state index is 15.0. The Morgan fingerprint density at radius 2 is 1.00 bits per heavy atom. The number of halogens is 6. The standard InChI is InChI=1S/C14H16FN3O4.C12H17FN6O3.C12H18FN3O4.C12H17FN2O5.C12H16FNO5.C9H18O3.C7H12BFO3/c1-20-7-9-11(21-2)10(15)13(22-9)18-6-8-4-3-5-16-12(8)17-14(18)19;1-20-3-5-8(21-2)6(13)11(22-5)19-4-16-7-9(14)17-12(15)18-10(7)19;1-12(13)9(19-3)7(6-18-2)20-10(12)16-5-4-8(14)15-11(16)17;1-12(13)9(19-3)7(6-18-2)20-10(12)15-5-4-8(16)14-11(15)17;1-17-5-7-11(18-2)9(13)10(19-7)6-3-4-8(15)14-12(6)16;1-6-8(5-10-3)12-7(2)9(6)11-4;1-10-3-4-5(9)6(11-2)7(8)12-4/h3-6,9-11,13H,7H2,1-2H3;4-6,8,11H,3H2,1-2H3,(H4,14,15,17,18);4-5,7,9-10H,6H2,1-3H3,(H2,14,15,17);4-5,7,9-10H,6H2,1-3H3,(H,14,16,17);3,7,9-11H,4-5H2,1-2H3,(H,14,15,16);6-9H,5H2,1-4H3;4-7H,3H2,1-2H3/t9-,10+,11?,13-;5-,6+,8?,11-;2*7-,9?,10-,12-;7-,9-,10+,11?;6?,7-,8+,9-;4-,5?,6+,7-/m1111101/s1. The predicted octanol–water partition coefficient (Wildman–Crippen LogP) is 1.19. The van der Waals surface area contributed by atoms with Crippen LogP contribution in [-0.2, 0) is 109 Å². The minimum Gasteiger partial charge on any atom is -0.383 e. The van der Waals surface area contributed by atoms with E-state index in [0.717, 1.165) is 19.8 Å².